The molecule has 3 saturated carbocycles. The molecule has 3 nitrogen and oxygen atoms in total. The molecule has 0 heterocycles. The number of esters is 1. The van der Waals surface area contributed by atoms with E-state index in [1.165, 1.54) is 56.9 Å². The van der Waals surface area contributed by atoms with Gasteiger partial charge in [0.1, 0.15) is 0 Å². The molecule has 4 aliphatic carbocycles. The van der Waals surface area contributed by atoms with Crippen molar-refractivity contribution < 1.29 is 14.0 Å². The molecule has 224 valence electrons. The van der Waals surface area contributed by atoms with Gasteiger partial charge in [0.15, 0.2) is 8.32 Å². The predicted molar refractivity (Wildman–Crippen MR) is 166 cm³/mol. The monoisotopic (exact) mass is 558 g/mol. The molecule has 0 aromatic rings. The maximum atomic E-state index is 12.4. The normalized spacial score (nSPS) is 39.4. The zero-order valence-electron chi connectivity index (χ0n) is 27.5. The maximum Gasteiger partial charge on any atom is 0.305 e. The summed E-state index contributed by atoms with van der Waals surface area (Å²) in [6.45, 7) is 25.5. The van der Waals surface area contributed by atoms with E-state index in [2.05, 4.69) is 74.6 Å². The lowest BCUT2D eigenvalue weighted by Crippen LogP contribution is -2.57. The average molecular weight is 559 g/mol. The van der Waals surface area contributed by atoms with Crippen molar-refractivity contribution in [2.24, 2.45) is 46.3 Å². The van der Waals surface area contributed by atoms with Gasteiger partial charge in [-0.2, -0.15) is 0 Å². The van der Waals surface area contributed by atoms with Crippen LogP contribution in [-0.4, -0.2) is 20.1 Å². The molecule has 0 aliphatic heterocycles. The minimum Gasteiger partial charge on any atom is -0.434 e. The van der Waals surface area contributed by atoms with E-state index in [4.69, 9.17) is 9.16 Å². The van der Waals surface area contributed by atoms with Crippen LogP contribution in [-0.2, 0) is 14.0 Å². The fraction of sp³-hybridized carbons (Fsp3) is 0.914. The van der Waals surface area contributed by atoms with E-state index in [-0.39, 0.29) is 16.4 Å². The van der Waals surface area contributed by atoms with Crippen molar-refractivity contribution >= 4 is 14.3 Å². The van der Waals surface area contributed by atoms with Crippen LogP contribution in [0.1, 0.15) is 133 Å². The summed E-state index contributed by atoms with van der Waals surface area (Å²) in [4.78, 5) is 12.4. The van der Waals surface area contributed by atoms with Gasteiger partial charge in [-0.25, -0.2) is 0 Å². The van der Waals surface area contributed by atoms with Crippen molar-refractivity contribution in [3.05, 3.63) is 11.6 Å². The van der Waals surface area contributed by atoms with E-state index in [9.17, 15) is 4.79 Å². The van der Waals surface area contributed by atoms with Crippen LogP contribution >= 0.6 is 0 Å². The molecule has 0 aromatic carbocycles. The van der Waals surface area contributed by atoms with Crippen molar-refractivity contribution in [3.8, 4) is 0 Å². The van der Waals surface area contributed by atoms with Gasteiger partial charge < -0.3 is 9.16 Å². The molecule has 8 atom stereocenters. The highest BCUT2D eigenvalue weighted by Gasteiger charge is 2.61. The molecule has 0 aromatic heterocycles. The van der Waals surface area contributed by atoms with Gasteiger partial charge in [-0.15, -0.1) is 0 Å². The number of fused-ring (bicyclic) bond motifs is 5. The number of rotatable bonds is 8. The predicted octanol–water partition coefficient (Wildman–Crippen LogP) is 10.3. The highest BCUT2D eigenvalue weighted by Crippen LogP contribution is 2.68. The van der Waals surface area contributed by atoms with Gasteiger partial charge in [0.25, 0.3) is 0 Å². The number of hydrogen-bond donors (Lipinski definition) is 0. The van der Waals surface area contributed by atoms with Crippen molar-refractivity contribution in [2.75, 3.05) is 0 Å². The zero-order chi connectivity index (χ0) is 29.0. The Morgan fingerprint density at radius 3 is 2.33 bits per heavy atom. The van der Waals surface area contributed by atoms with Gasteiger partial charge in [-0.05, 0) is 103 Å². The Kier molecular flexibility index (Phi) is 8.76. The number of ether oxygens (including phenoxy) is 1. The number of carbonyl (C=O) groups is 1. The van der Waals surface area contributed by atoms with E-state index in [1.54, 1.807) is 6.92 Å². The van der Waals surface area contributed by atoms with Crippen LogP contribution in [0.2, 0.25) is 18.1 Å². The first-order valence-corrected chi connectivity index (χ1v) is 19.4. The third kappa shape index (κ3) is 5.86. The fourth-order valence-electron chi connectivity index (χ4n) is 9.71. The molecular formula is C35H62O3Si. The van der Waals surface area contributed by atoms with E-state index >= 15 is 0 Å². The standard InChI is InChI=1S/C35H62O3Si/c1-24(2)13-12-14-25(3)29-17-18-30-28-16-15-27-23-35(37-26(4)36,38-39(10,11)32(5,6)7)22-21-33(27,8)31(28)19-20-34(29,30)9/h15,24-25,28-31H,12-14,16-23H2,1-11H3/t25-,28+,29-,30+,31+,33+,34-,35-/m1/s1. The molecule has 4 aliphatic rings. The summed E-state index contributed by atoms with van der Waals surface area (Å²) in [5, 5.41) is 0.0751. The lowest BCUT2D eigenvalue weighted by Gasteiger charge is -2.60. The summed E-state index contributed by atoms with van der Waals surface area (Å²) < 4.78 is 13.1. The summed E-state index contributed by atoms with van der Waals surface area (Å²) in [5.41, 5.74) is 2.25. The van der Waals surface area contributed by atoms with Gasteiger partial charge in [-0.3, -0.25) is 4.79 Å². The van der Waals surface area contributed by atoms with Crippen LogP contribution < -0.4 is 0 Å². The molecule has 4 heteroatoms. The third-order valence-electron chi connectivity index (χ3n) is 12.9. The Bertz CT molecular complexity index is 931. The number of hydrogen-bond acceptors (Lipinski definition) is 3. The molecule has 0 spiro atoms. The maximum absolute atomic E-state index is 12.4. The second kappa shape index (κ2) is 10.9. The summed E-state index contributed by atoms with van der Waals surface area (Å²) in [6.07, 6.45) is 16.3. The van der Waals surface area contributed by atoms with E-state index in [0.29, 0.717) is 5.41 Å². The number of allylic oxidation sites excluding steroid dienone is 1. The first-order valence-electron chi connectivity index (χ1n) is 16.5. The highest BCUT2D eigenvalue weighted by atomic mass is 28.4. The average Bonchev–Trinajstić information content (AvgIpc) is 3.15. The molecule has 39 heavy (non-hydrogen) atoms. The highest BCUT2D eigenvalue weighted by molar-refractivity contribution is 6.74. The quantitative estimate of drug-likeness (QED) is 0.129. The topological polar surface area (TPSA) is 35.5 Å². The van der Waals surface area contributed by atoms with Gasteiger partial charge >= 0.3 is 5.97 Å². The zero-order valence-corrected chi connectivity index (χ0v) is 28.5. The van der Waals surface area contributed by atoms with Crippen molar-refractivity contribution in [3.63, 3.8) is 0 Å². The van der Waals surface area contributed by atoms with E-state index < -0.39 is 14.1 Å². The minimum atomic E-state index is -2.11. The molecule has 0 bridgehead atoms. The second-order valence-corrected chi connectivity index (χ2v) is 21.6. The smallest absolute Gasteiger partial charge is 0.305 e. The van der Waals surface area contributed by atoms with Gasteiger partial charge in [0.05, 0.1) is 0 Å². The van der Waals surface area contributed by atoms with Gasteiger partial charge in [0.2, 0.25) is 5.79 Å². The van der Waals surface area contributed by atoms with Crippen molar-refractivity contribution in [1.29, 1.82) is 0 Å². The summed E-state index contributed by atoms with van der Waals surface area (Å²) in [7, 11) is -2.11. The molecule has 0 unspecified atom stereocenters. The molecule has 0 amide bonds. The largest absolute Gasteiger partial charge is 0.434 e. The summed E-state index contributed by atoms with van der Waals surface area (Å²) in [6, 6.07) is 0. The van der Waals surface area contributed by atoms with Crippen molar-refractivity contribution in [1.82, 2.24) is 0 Å². The number of carbonyl (C=O) groups excluding carboxylic acids is 1. The SMILES string of the molecule is CC(=O)O[C@@]1(O[Si](C)(C)C(C)(C)C)CC[C@@]2(C)C(=CC[C@H]3[C@@H]4CC[C@H]([C@H](C)CCCC(C)C)[C@@]4(C)CC[C@@H]32)C1. The lowest BCUT2D eigenvalue weighted by atomic mass is 9.46. The summed E-state index contributed by atoms with van der Waals surface area (Å²) >= 11 is 0. The Labute approximate surface area is 242 Å². The fourth-order valence-corrected chi connectivity index (χ4v) is 11.2. The van der Waals surface area contributed by atoms with Crippen LogP contribution in [0.4, 0.5) is 0 Å². The van der Waals surface area contributed by atoms with E-state index in [0.717, 1.165) is 54.8 Å². The Hall–Kier alpha value is -0.613. The van der Waals surface area contributed by atoms with E-state index in [1.807, 2.05) is 0 Å². The second-order valence-electron chi connectivity index (χ2n) is 16.8. The molecule has 0 saturated heterocycles. The molecule has 0 N–H and O–H groups in total. The van der Waals surface area contributed by atoms with Crippen LogP contribution in [0.15, 0.2) is 11.6 Å². The van der Waals surface area contributed by atoms with Crippen molar-refractivity contribution in [2.45, 2.75) is 157 Å². The molecular weight excluding hydrogens is 496 g/mol. The van der Waals surface area contributed by atoms with Crippen LogP contribution in [0, 0.1) is 46.3 Å². The van der Waals surface area contributed by atoms with Crippen LogP contribution in [0.3, 0.4) is 0 Å². The summed E-state index contributed by atoms with van der Waals surface area (Å²) in [5.74, 6) is 4.01. The first kappa shape index (κ1) is 31.3. The first-order chi connectivity index (χ1) is 17.9. The van der Waals surface area contributed by atoms with Gasteiger partial charge in [0, 0.05) is 19.8 Å². The molecule has 3 fully saturated rings. The third-order valence-corrected chi connectivity index (χ3v) is 17.4. The molecule has 0 radical (unpaired) electrons. The lowest BCUT2D eigenvalue weighted by molar-refractivity contribution is -0.214. The van der Waals surface area contributed by atoms with Crippen LogP contribution in [0.25, 0.3) is 0 Å². The molecule has 4 rings (SSSR count). The van der Waals surface area contributed by atoms with Crippen LogP contribution in [0.5, 0.6) is 0 Å². The Morgan fingerprint density at radius 1 is 1.03 bits per heavy atom. The minimum absolute atomic E-state index is 0.0751. The Morgan fingerprint density at radius 2 is 1.72 bits per heavy atom. The Balaban J connectivity index is 1.54. The van der Waals surface area contributed by atoms with Gasteiger partial charge in [-0.1, -0.05) is 86.3 Å².